The van der Waals surface area contributed by atoms with Crippen LogP contribution in [-0.2, 0) is 6.54 Å². The average Bonchev–Trinajstić information content (AvgIpc) is 2.94. The normalized spacial score (nSPS) is 12.6. The summed E-state index contributed by atoms with van der Waals surface area (Å²) in [6, 6.07) is 20.5. The van der Waals surface area contributed by atoms with Gasteiger partial charge in [-0.15, -0.1) is 0 Å². The van der Waals surface area contributed by atoms with Gasteiger partial charge < -0.3 is 15.0 Å². The molecular weight excluding hydrogens is 536 g/mol. The number of hydrogen-bond acceptors (Lipinski definition) is 2. The Labute approximate surface area is 182 Å². The SMILES string of the molecule is O[C@@H](CNc1ccc(Br)cc1)Cn1c2ccc(Br)cc2c2cc(Br)ccc21. The van der Waals surface area contributed by atoms with E-state index < -0.39 is 6.10 Å². The first-order valence-corrected chi connectivity index (χ1v) is 10.9. The highest BCUT2D eigenvalue weighted by Gasteiger charge is 2.14. The first-order chi connectivity index (χ1) is 13.0. The maximum Gasteiger partial charge on any atom is 0.0891 e. The molecule has 27 heavy (non-hydrogen) atoms. The van der Waals surface area contributed by atoms with Gasteiger partial charge in [0.05, 0.1) is 12.6 Å². The maximum atomic E-state index is 10.7. The molecule has 0 saturated carbocycles. The zero-order valence-corrected chi connectivity index (χ0v) is 19.1. The van der Waals surface area contributed by atoms with Gasteiger partial charge in [-0.05, 0) is 60.7 Å². The summed E-state index contributed by atoms with van der Waals surface area (Å²) in [5.74, 6) is 0. The summed E-state index contributed by atoms with van der Waals surface area (Å²) in [4.78, 5) is 0. The van der Waals surface area contributed by atoms with Crippen LogP contribution in [0.2, 0.25) is 0 Å². The number of benzene rings is 3. The number of rotatable bonds is 5. The summed E-state index contributed by atoms with van der Waals surface area (Å²) in [6.07, 6.45) is -0.514. The summed E-state index contributed by atoms with van der Waals surface area (Å²) in [7, 11) is 0. The van der Waals surface area contributed by atoms with Crippen LogP contribution in [0.4, 0.5) is 5.69 Å². The van der Waals surface area contributed by atoms with E-state index in [0.717, 1.165) is 30.1 Å². The Morgan fingerprint density at radius 2 is 1.30 bits per heavy atom. The molecule has 0 aliphatic carbocycles. The molecule has 1 heterocycles. The van der Waals surface area contributed by atoms with E-state index in [0.29, 0.717) is 13.1 Å². The summed E-state index contributed by atoms with van der Waals surface area (Å²) in [6.45, 7) is 1.00. The van der Waals surface area contributed by atoms with Crippen molar-refractivity contribution >= 4 is 75.3 Å². The summed E-state index contributed by atoms with van der Waals surface area (Å²) < 4.78 is 5.33. The number of fused-ring (bicyclic) bond motifs is 3. The molecule has 4 rings (SSSR count). The minimum absolute atomic E-state index is 0.482. The van der Waals surface area contributed by atoms with E-state index in [4.69, 9.17) is 0 Å². The van der Waals surface area contributed by atoms with E-state index in [1.165, 1.54) is 10.8 Å². The van der Waals surface area contributed by atoms with E-state index >= 15 is 0 Å². The lowest BCUT2D eigenvalue weighted by Gasteiger charge is -2.15. The smallest absolute Gasteiger partial charge is 0.0891 e. The molecule has 0 bridgehead atoms. The third-order valence-electron chi connectivity index (χ3n) is 4.57. The molecule has 6 heteroatoms. The largest absolute Gasteiger partial charge is 0.389 e. The fourth-order valence-corrected chi connectivity index (χ4v) is 4.31. The fourth-order valence-electron chi connectivity index (χ4n) is 3.32. The van der Waals surface area contributed by atoms with Gasteiger partial charge in [0.15, 0.2) is 0 Å². The Morgan fingerprint density at radius 3 is 1.85 bits per heavy atom. The third-order valence-corrected chi connectivity index (χ3v) is 6.08. The number of anilines is 1. The molecule has 0 fully saturated rings. The molecule has 0 radical (unpaired) electrons. The number of nitrogens with one attached hydrogen (secondary N) is 1. The van der Waals surface area contributed by atoms with Crippen LogP contribution in [0.5, 0.6) is 0 Å². The Hall–Kier alpha value is -1.34. The van der Waals surface area contributed by atoms with Crippen molar-refractivity contribution in [3.05, 3.63) is 74.1 Å². The van der Waals surface area contributed by atoms with Crippen LogP contribution in [0.1, 0.15) is 0 Å². The molecule has 0 aliphatic heterocycles. The minimum atomic E-state index is -0.514. The van der Waals surface area contributed by atoms with Crippen molar-refractivity contribution in [2.45, 2.75) is 12.6 Å². The first-order valence-electron chi connectivity index (χ1n) is 8.56. The molecule has 2 N–H and O–H groups in total. The lowest BCUT2D eigenvalue weighted by atomic mass is 10.2. The second-order valence-electron chi connectivity index (χ2n) is 6.48. The molecular formula is C21H17Br3N2O. The van der Waals surface area contributed by atoms with Crippen molar-refractivity contribution in [2.24, 2.45) is 0 Å². The van der Waals surface area contributed by atoms with Gasteiger partial charge in [-0.1, -0.05) is 47.8 Å². The monoisotopic (exact) mass is 550 g/mol. The maximum absolute atomic E-state index is 10.7. The first kappa shape index (κ1) is 19.0. The van der Waals surface area contributed by atoms with Gasteiger partial charge >= 0.3 is 0 Å². The molecule has 4 aromatic rings. The molecule has 0 amide bonds. The fraction of sp³-hybridized carbons (Fsp3) is 0.143. The Morgan fingerprint density at radius 1 is 0.778 bits per heavy atom. The Balaban J connectivity index is 1.63. The molecule has 0 saturated heterocycles. The number of aromatic nitrogens is 1. The second kappa shape index (κ2) is 7.95. The third kappa shape index (κ3) is 4.09. The highest BCUT2D eigenvalue weighted by Crippen LogP contribution is 2.33. The van der Waals surface area contributed by atoms with Crippen molar-refractivity contribution in [1.29, 1.82) is 0 Å². The van der Waals surface area contributed by atoms with Crippen LogP contribution >= 0.6 is 47.8 Å². The van der Waals surface area contributed by atoms with Crippen molar-refractivity contribution in [2.75, 3.05) is 11.9 Å². The molecule has 0 spiro atoms. The van der Waals surface area contributed by atoms with Crippen LogP contribution in [0.15, 0.2) is 74.1 Å². The van der Waals surface area contributed by atoms with Crippen molar-refractivity contribution in [3.63, 3.8) is 0 Å². The zero-order chi connectivity index (χ0) is 19.0. The molecule has 1 atom stereocenters. The van der Waals surface area contributed by atoms with Gasteiger partial charge in [0.25, 0.3) is 0 Å². The quantitative estimate of drug-likeness (QED) is 0.294. The Kier molecular flexibility index (Phi) is 5.60. The van der Waals surface area contributed by atoms with E-state index in [1.807, 2.05) is 36.4 Å². The topological polar surface area (TPSA) is 37.2 Å². The van der Waals surface area contributed by atoms with Gasteiger partial charge in [0, 0.05) is 47.5 Å². The van der Waals surface area contributed by atoms with Crippen LogP contribution < -0.4 is 5.32 Å². The predicted octanol–water partition coefficient (Wildman–Crippen LogP) is 6.56. The highest BCUT2D eigenvalue weighted by molar-refractivity contribution is 9.11. The summed E-state index contributed by atoms with van der Waals surface area (Å²) in [5.41, 5.74) is 3.23. The van der Waals surface area contributed by atoms with Crippen molar-refractivity contribution in [3.8, 4) is 0 Å². The van der Waals surface area contributed by atoms with Gasteiger partial charge in [0.1, 0.15) is 0 Å². The Bertz CT molecular complexity index is 1050. The standard InChI is InChI=1S/C21H17Br3N2O/c22-13-1-5-16(6-2-13)25-11-17(27)12-26-20-7-3-14(23)9-18(20)19-10-15(24)4-8-21(19)26/h1-10,17,25,27H,11-12H2/t17-/m0/s1. The van der Waals surface area contributed by atoms with Crippen LogP contribution in [-0.4, -0.2) is 22.3 Å². The number of nitrogens with zero attached hydrogens (tertiary/aromatic N) is 1. The summed E-state index contributed by atoms with van der Waals surface area (Å²) >= 11 is 10.6. The summed E-state index contributed by atoms with van der Waals surface area (Å²) in [5, 5.41) is 16.3. The molecule has 0 aliphatic rings. The highest BCUT2D eigenvalue weighted by atomic mass is 79.9. The number of aliphatic hydroxyl groups is 1. The van der Waals surface area contributed by atoms with E-state index in [-0.39, 0.29) is 0 Å². The van der Waals surface area contributed by atoms with E-state index in [2.05, 4.69) is 81.9 Å². The van der Waals surface area contributed by atoms with Gasteiger partial charge in [-0.25, -0.2) is 0 Å². The molecule has 1 aromatic heterocycles. The van der Waals surface area contributed by atoms with Crippen LogP contribution in [0.3, 0.4) is 0 Å². The predicted molar refractivity (Wildman–Crippen MR) is 123 cm³/mol. The minimum Gasteiger partial charge on any atom is -0.389 e. The van der Waals surface area contributed by atoms with Gasteiger partial charge in [0.2, 0.25) is 0 Å². The number of hydrogen-bond donors (Lipinski definition) is 2. The van der Waals surface area contributed by atoms with Crippen molar-refractivity contribution in [1.82, 2.24) is 4.57 Å². The molecule has 3 aromatic carbocycles. The van der Waals surface area contributed by atoms with Crippen LogP contribution in [0, 0.1) is 0 Å². The number of aliphatic hydroxyl groups excluding tert-OH is 1. The van der Waals surface area contributed by atoms with Gasteiger partial charge in [-0.3, -0.25) is 0 Å². The molecule has 3 nitrogen and oxygen atoms in total. The van der Waals surface area contributed by atoms with Gasteiger partial charge in [-0.2, -0.15) is 0 Å². The lowest BCUT2D eigenvalue weighted by molar-refractivity contribution is 0.169. The van der Waals surface area contributed by atoms with E-state index in [1.54, 1.807) is 0 Å². The van der Waals surface area contributed by atoms with E-state index in [9.17, 15) is 5.11 Å². The van der Waals surface area contributed by atoms with Crippen LogP contribution in [0.25, 0.3) is 21.8 Å². The second-order valence-corrected chi connectivity index (χ2v) is 9.22. The zero-order valence-electron chi connectivity index (χ0n) is 14.3. The van der Waals surface area contributed by atoms with Crippen molar-refractivity contribution < 1.29 is 5.11 Å². The molecule has 138 valence electrons. The molecule has 0 unspecified atom stereocenters. The average molecular weight is 553 g/mol. The lowest BCUT2D eigenvalue weighted by Crippen LogP contribution is -2.24. The number of halogens is 3.